The molecule has 2 rings (SSSR count). The molecule has 2 aromatic carbocycles. The largest absolute Gasteiger partial charge is 0.349 e. The molecule has 0 aliphatic rings. The van der Waals surface area contributed by atoms with E-state index >= 15 is 0 Å². The predicted octanol–water partition coefficient (Wildman–Crippen LogP) is 4.64. The van der Waals surface area contributed by atoms with Gasteiger partial charge in [0, 0.05) is 6.42 Å². The van der Waals surface area contributed by atoms with Crippen molar-refractivity contribution in [3.05, 3.63) is 70.5 Å². The van der Waals surface area contributed by atoms with Crippen molar-refractivity contribution in [3.8, 4) is 0 Å². The highest BCUT2D eigenvalue weighted by molar-refractivity contribution is 5.76. The zero-order chi connectivity index (χ0) is 16.8. The van der Waals surface area contributed by atoms with Crippen LogP contribution in [-0.2, 0) is 11.2 Å². The number of hydrogen-bond acceptors (Lipinski definition) is 1. The Labute approximate surface area is 137 Å². The van der Waals surface area contributed by atoms with Gasteiger partial charge in [0.25, 0.3) is 0 Å². The fraction of sp³-hybridized carbons (Fsp3) is 0.350. The minimum absolute atomic E-state index is 0.0288. The van der Waals surface area contributed by atoms with Crippen LogP contribution in [-0.4, -0.2) is 5.91 Å². The van der Waals surface area contributed by atoms with Crippen LogP contribution in [0.4, 0.5) is 4.39 Å². The Bertz CT molecular complexity index is 664. The summed E-state index contributed by atoms with van der Waals surface area (Å²) in [4.78, 5) is 12.2. The van der Waals surface area contributed by atoms with Gasteiger partial charge in [-0.05, 0) is 55.5 Å². The lowest BCUT2D eigenvalue weighted by atomic mass is 9.97. The van der Waals surface area contributed by atoms with Crippen molar-refractivity contribution in [3.63, 3.8) is 0 Å². The van der Waals surface area contributed by atoms with Crippen molar-refractivity contribution in [1.29, 1.82) is 0 Å². The van der Waals surface area contributed by atoms with Gasteiger partial charge in [-0.25, -0.2) is 4.39 Å². The summed E-state index contributed by atoms with van der Waals surface area (Å²) in [5.74, 6) is -0.222. The quantitative estimate of drug-likeness (QED) is 0.827. The third-order valence-corrected chi connectivity index (χ3v) is 4.10. The van der Waals surface area contributed by atoms with Gasteiger partial charge < -0.3 is 5.32 Å². The average molecular weight is 313 g/mol. The molecule has 0 aliphatic carbocycles. The topological polar surface area (TPSA) is 29.1 Å². The fourth-order valence-electron chi connectivity index (χ4n) is 2.79. The highest BCUT2D eigenvalue weighted by atomic mass is 19.1. The van der Waals surface area contributed by atoms with E-state index in [1.165, 1.54) is 28.8 Å². The van der Waals surface area contributed by atoms with Crippen LogP contribution in [0, 0.1) is 19.7 Å². The Morgan fingerprint density at radius 1 is 1.13 bits per heavy atom. The van der Waals surface area contributed by atoms with Crippen LogP contribution < -0.4 is 5.32 Å². The van der Waals surface area contributed by atoms with Gasteiger partial charge in [-0.1, -0.05) is 42.8 Å². The van der Waals surface area contributed by atoms with E-state index in [-0.39, 0.29) is 17.8 Å². The van der Waals surface area contributed by atoms with E-state index in [1.54, 1.807) is 12.1 Å². The third kappa shape index (κ3) is 4.92. The van der Waals surface area contributed by atoms with Crippen LogP contribution in [0.1, 0.15) is 48.1 Å². The Balaban J connectivity index is 1.95. The fourth-order valence-corrected chi connectivity index (χ4v) is 2.79. The molecule has 0 bridgehead atoms. The summed E-state index contributed by atoms with van der Waals surface area (Å²) < 4.78 is 12.9. The van der Waals surface area contributed by atoms with Gasteiger partial charge in [0.1, 0.15) is 5.82 Å². The molecule has 0 fully saturated rings. The summed E-state index contributed by atoms with van der Waals surface area (Å²) in [6, 6.07) is 12.7. The molecule has 1 atom stereocenters. The molecule has 0 radical (unpaired) electrons. The molecule has 0 saturated carbocycles. The van der Waals surface area contributed by atoms with E-state index in [2.05, 4.69) is 44.3 Å². The van der Waals surface area contributed by atoms with E-state index < -0.39 is 0 Å². The molecule has 2 nitrogen and oxygen atoms in total. The van der Waals surface area contributed by atoms with Gasteiger partial charge in [-0.15, -0.1) is 0 Å². The molecule has 3 heteroatoms. The Hall–Kier alpha value is -2.16. The molecular weight excluding hydrogens is 289 g/mol. The minimum atomic E-state index is -0.251. The van der Waals surface area contributed by atoms with Crippen LogP contribution in [0.25, 0.3) is 0 Å². The molecule has 0 aromatic heterocycles. The first-order valence-electron chi connectivity index (χ1n) is 8.10. The van der Waals surface area contributed by atoms with Gasteiger partial charge >= 0.3 is 0 Å². The average Bonchev–Trinajstić information content (AvgIpc) is 2.52. The number of rotatable bonds is 6. The Kier molecular flexibility index (Phi) is 5.91. The summed E-state index contributed by atoms with van der Waals surface area (Å²) >= 11 is 0. The smallest absolute Gasteiger partial charge is 0.220 e. The standard InChI is InChI=1S/C20H24FNO/c1-4-19(18-11-5-14(2)13-15(18)3)22-20(23)12-8-16-6-9-17(21)10-7-16/h5-7,9-11,13,19H,4,8,12H2,1-3H3,(H,22,23). The summed E-state index contributed by atoms with van der Waals surface area (Å²) in [5, 5.41) is 3.11. The number of benzene rings is 2. The number of aryl methyl sites for hydroxylation is 3. The number of amides is 1. The maximum atomic E-state index is 12.9. The van der Waals surface area contributed by atoms with E-state index in [0.29, 0.717) is 12.8 Å². The third-order valence-electron chi connectivity index (χ3n) is 4.10. The normalized spacial score (nSPS) is 12.0. The van der Waals surface area contributed by atoms with Crippen molar-refractivity contribution in [2.24, 2.45) is 0 Å². The number of hydrogen-bond donors (Lipinski definition) is 1. The zero-order valence-electron chi connectivity index (χ0n) is 14.0. The Morgan fingerprint density at radius 2 is 1.83 bits per heavy atom. The van der Waals surface area contributed by atoms with Gasteiger partial charge in [0.15, 0.2) is 0 Å². The maximum Gasteiger partial charge on any atom is 0.220 e. The number of carbonyl (C=O) groups excluding carboxylic acids is 1. The highest BCUT2D eigenvalue weighted by Gasteiger charge is 2.14. The van der Waals surface area contributed by atoms with Crippen LogP contribution in [0.2, 0.25) is 0 Å². The molecule has 2 aromatic rings. The maximum absolute atomic E-state index is 12.9. The monoisotopic (exact) mass is 313 g/mol. The number of nitrogens with one attached hydrogen (secondary N) is 1. The summed E-state index contributed by atoms with van der Waals surface area (Å²) in [6.07, 6.45) is 1.88. The Morgan fingerprint density at radius 3 is 2.43 bits per heavy atom. The van der Waals surface area contributed by atoms with E-state index in [9.17, 15) is 9.18 Å². The minimum Gasteiger partial charge on any atom is -0.349 e. The summed E-state index contributed by atoms with van der Waals surface area (Å²) in [7, 11) is 0. The molecular formula is C20H24FNO. The summed E-state index contributed by atoms with van der Waals surface area (Å²) in [6.45, 7) is 6.22. The SMILES string of the molecule is CCC(NC(=O)CCc1ccc(F)cc1)c1ccc(C)cc1C. The molecule has 0 aliphatic heterocycles. The lowest BCUT2D eigenvalue weighted by Crippen LogP contribution is -2.28. The predicted molar refractivity (Wildman–Crippen MR) is 91.8 cm³/mol. The first-order valence-corrected chi connectivity index (χ1v) is 8.10. The molecule has 0 spiro atoms. The second kappa shape index (κ2) is 7.91. The molecule has 0 heterocycles. The van der Waals surface area contributed by atoms with Crippen molar-refractivity contribution >= 4 is 5.91 Å². The lowest BCUT2D eigenvalue weighted by molar-refractivity contribution is -0.121. The zero-order valence-corrected chi connectivity index (χ0v) is 14.0. The summed E-state index contributed by atoms with van der Waals surface area (Å²) in [5.41, 5.74) is 4.58. The number of carbonyl (C=O) groups is 1. The molecule has 122 valence electrons. The molecule has 1 amide bonds. The van der Waals surface area contributed by atoms with Crippen LogP contribution >= 0.6 is 0 Å². The molecule has 1 unspecified atom stereocenters. The highest BCUT2D eigenvalue weighted by Crippen LogP contribution is 2.22. The van der Waals surface area contributed by atoms with Crippen molar-refractivity contribution in [1.82, 2.24) is 5.32 Å². The first kappa shape index (κ1) is 17.2. The second-order valence-corrected chi connectivity index (χ2v) is 6.01. The van der Waals surface area contributed by atoms with Crippen molar-refractivity contribution in [2.75, 3.05) is 0 Å². The van der Waals surface area contributed by atoms with Gasteiger partial charge in [-0.3, -0.25) is 4.79 Å². The van der Waals surface area contributed by atoms with Crippen molar-refractivity contribution < 1.29 is 9.18 Å². The molecule has 0 saturated heterocycles. The second-order valence-electron chi connectivity index (χ2n) is 6.01. The van der Waals surface area contributed by atoms with E-state index in [1.807, 2.05) is 0 Å². The van der Waals surface area contributed by atoms with Crippen LogP contribution in [0.5, 0.6) is 0 Å². The van der Waals surface area contributed by atoms with Crippen molar-refractivity contribution in [2.45, 2.75) is 46.1 Å². The number of halogens is 1. The van der Waals surface area contributed by atoms with Gasteiger partial charge in [-0.2, -0.15) is 0 Å². The van der Waals surface area contributed by atoms with Gasteiger partial charge in [0.05, 0.1) is 6.04 Å². The molecule has 23 heavy (non-hydrogen) atoms. The molecule has 1 N–H and O–H groups in total. The van der Waals surface area contributed by atoms with Gasteiger partial charge in [0.2, 0.25) is 5.91 Å². The first-order chi connectivity index (χ1) is 11.0. The van der Waals surface area contributed by atoms with Crippen LogP contribution in [0.3, 0.4) is 0 Å². The van der Waals surface area contributed by atoms with Crippen LogP contribution in [0.15, 0.2) is 42.5 Å². The van der Waals surface area contributed by atoms with E-state index in [0.717, 1.165) is 12.0 Å². The van der Waals surface area contributed by atoms with E-state index in [4.69, 9.17) is 0 Å². The lowest BCUT2D eigenvalue weighted by Gasteiger charge is -2.20.